The zero-order chi connectivity index (χ0) is 14.2. The number of benzene rings is 1. The monoisotopic (exact) mass is 285 g/mol. The molecule has 1 saturated carbocycles. The van der Waals surface area contributed by atoms with Crippen LogP contribution in [0.1, 0.15) is 49.9 Å². The number of fused-ring (bicyclic) bond motifs is 1. The Bertz CT molecular complexity index is 640. The first kappa shape index (κ1) is 12.7. The van der Waals surface area contributed by atoms with Crippen molar-refractivity contribution in [1.29, 1.82) is 0 Å². The van der Waals surface area contributed by atoms with Gasteiger partial charge in [0.2, 0.25) is 0 Å². The highest BCUT2D eigenvalue weighted by atomic mass is 16.5. The molecule has 110 valence electrons. The largest absolute Gasteiger partial charge is 0.477 e. The Morgan fingerprint density at radius 3 is 3.00 bits per heavy atom. The van der Waals surface area contributed by atoms with Gasteiger partial charge in [-0.25, -0.2) is 0 Å². The van der Waals surface area contributed by atoms with Crippen molar-refractivity contribution >= 4 is 5.69 Å². The number of rotatable bonds is 2. The van der Waals surface area contributed by atoms with Gasteiger partial charge in [-0.3, -0.25) is 0 Å². The Balaban J connectivity index is 1.52. The van der Waals surface area contributed by atoms with Crippen LogP contribution in [-0.4, -0.2) is 16.7 Å². The Kier molecular flexibility index (Phi) is 3.05. The van der Waals surface area contributed by atoms with Crippen LogP contribution in [0, 0.1) is 5.92 Å². The van der Waals surface area contributed by atoms with Crippen molar-refractivity contribution in [1.82, 2.24) is 10.1 Å². The second kappa shape index (κ2) is 5.06. The molecule has 1 aliphatic heterocycles. The average Bonchev–Trinajstić information content (AvgIpc) is 3.15. The van der Waals surface area contributed by atoms with E-state index in [1.807, 2.05) is 24.3 Å². The quantitative estimate of drug-likeness (QED) is 0.914. The first-order valence-corrected chi connectivity index (χ1v) is 7.62. The molecular formula is C16H19N3O2. The van der Waals surface area contributed by atoms with Gasteiger partial charge in [-0.15, -0.1) is 0 Å². The van der Waals surface area contributed by atoms with Gasteiger partial charge in [0, 0.05) is 5.92 Å². The predicted molar refractivity (Wildman–Crippen MR) is 78.4 cm³/mol. The van der Waals surface area contributed by atoms with Crippen LogP contribution in [0.3, 0.4) is 0 Å². The van der Waals surface area contributed by atoms with Crippen molar-refractivity contribution in [2.24, 2.45) is 5.92 Å². The summed E-state index contributed by atoms with van der Waals surface area (Å²) in [5, 5.41) is 7.51. The van der Waals surface area contributed by atoms with Gasteiger partial charge >= 0.3 is 0 Å². The minimum atomic E-state index is -0.208. The second-order valence-electron chi connectivity index (χ2n) is 6.09. The molecule has 0 radical (unpaired) electrons. The van der Waals surface area contributed by atoms with Crippen molar-refractivity contribution in [3.63, 3.8) is 0 Å². The highest BCUT2D eigenvalue weighted by Gasteiger charge is 2.30. The SMILES string of the molecule is CC1CCC(c2noc(C3CNc4ccccc4O3)n2)C1. The fourth-order valence-electron chi connectivity index (χ4n) is 3.24. The number of nitrogens with one attached hydrogen (secondary N) is 1. The molecule has 3 unspecified atom stereocenters. The number of para-hydroxylation sites is 2. The Morgan fingerprint density at radius 1 is 1.24 bits per heavy atom. The third-order valence-corrected chi connectivity index (χ3v) is 4.43. The van der Waals surface area contributed by atoms with Gasteiger partial charge in [0.25, 0.3) is 5.89 Å². The maximum absolute atomic E-state index is 5.96. The van der Waals surface area contributed by atoms with E-state index in [-0.39, 0.29) is 6.10 Å². The fraction of sp³-hybridized carbons (Fsp3) is 0.500. The molecule has 2 heterocycles. The first-order chi connectivity index (χ1) is 10.3. The highest BCUT2D eigenvalue weighted by molar-refractivity contribution is 5.57. The Hall–Kier alpha value is -2.04. The van der Waals surface area contributed by atoms with Gasteiger partial charge in [-0.2, -0.15) is 4.98 Å². The van der Waals surface area contributed by atoms with E-state index in [9.17, 15) is 0 Å². The first-order valence-electron chi connectivity index (χ1n) is 7.62. The summed E-state index contributed by atoms with van der Waals surface area (Å²) in [5.41, 5.74) is 1.01. The van der Waals surface area contributed by atoms with Crippen LogP contribution in [0.5, 0.6) is 5.75 Å². The summed E-state index contributed by atoms with van der Waals surface area (Å²) in [6.45, 7) is 2.94. The van der Waals surface area contributed by atoms with Crippen molar-refractivity contribution in [3.8, 4) is 5.75 Å². The Labute approximate surface area is 123 Å². The third kappa shape index (κ3) is 2.37. The molecular weight excluding hydrogens is 266 g/mol. The number of ether oxygens (including phenoxy) is 1. The van der Waals surface area contributed by atoms with Crippen molar-refractivity contribution < 1.29 is 9.26 Å². The van der Waals surface area contributed by atoms with Crippen molar-refractivity contribution in [3.05, 3.63) is 36.0 Å². The second-order valence-corrected chi connectivity index (χ2v) is 6.09. The van der Waals surface area contributed by atoms with Gasteiger partial charge < -0.3 is 14.6 Å². The van der Waals surface area contributed by atoms with Gasteiger partial charge in [-0.05, 0) is 37.3 Å². The number of anilines is 1. The zero-order valence-electron chi connectivity index (χ0n) is 12.1. The molecule has 0 amide bonds. The Morgan fingerprint density at radius 2 is 2.14 bits per heavy atom. The molecule has 5 nitrogen and oxygen atoms in total. The molecule has 21 heavy (non-hydrogen) atoms. The van der Waals surface area contributed by atoms with Crippen LogP contribution >= 0.6 is 0 Å². The lowest BCUT2D eigenvalue weighted by molar-refractivity contribution is 0.162. The van der Waals surface area contributed by atoms with E-state index in [0.29, 0.717) is 18.4 Å². The highest BCUT2D eigenvalue weighted by Crippen LogP contribution is 2.38. The lowest BCUT2D eigenvalue weighted by Crippen LogP contribution is -2.23. The molecule has 1 N–H and O–H groups in total. The van der Waals surface area contributed by atoms with Crippen LogP contribution in [0.2, 0.25) is 0 Å². The molecule has 4 rings (SSSR count). The molecule has 2 aliphatic rings. The van der Waals surface area contributed by atoms with Gasteiger partial charge in [-0.1, -0.05) is 24.2 Å². The van der Waals surface area contributed by atoms with E-state index in [2.05, 4.69) is 22.4 Å². The molecule has 0 spiro atoms. The number of aromatic nitrogens is 2. The van der Waals surface area contributed by atoms with Crippen LogP contribution in [0.25, 0.3) is 0 Å². The normalized spacial score (nSPS) is 27.8. The lowest BCUT2D eigenvalue weighted by Gasteiger charge is -2.24. The minimum Gasteiger partial charge on any atom is -0.477 e. The summed E-state index contributed by atoms with van der Waals surface area (Å²) in [5.74, 6) is 3.46. The molecule has 1 fully saturated rings. The molecule has 5 heteroatoms. The summed E-state index contributed by atoms with van der Waals surface area (Å²) in [7, 11) is 0. The summed E-state index contributed by atoms with van der Waals surface area (Å²) >= 11 is 0. The molecule has 0 bridgehead atoms. The topological polar surface area (TPSA) is 60.2 Å². The van der Waals surface area contributed by atoms with E-state index in [0.717, 1.165) is 36.0 Å². The van der Waals surface area contributed by atoms with E-state index >= 15 is 0 Å². The van der Waals surface area contributed by atoms with Crippen LogP contribution in [0.4, 0.5) is 5.69 Å². The van der Waals surface area contributed by atoms with E-state index in [4.69, 9.17) is 9.26 Å². The number of hydrogen-bond acceptors (Lipinski definition) is 5. The van der Waals surface area contributed by atoms with Crippen LogP contribution < -0.4 is 10.1 Å². The van der Waals surface area contributed by atoms with E-state index in [1.165, 1.54) is 6.42 Å². The summed E-state index contributed by atoms with van der Waals surface area (Å²) in [6, 6.07) is 7.90. The summed E-state index contributed by atoms with van der Waals surface area (Å²) in [4.78, 5) is 4.58. The molecule has 3 atom stereocenters. The molecule has 1 aromatic carbocycles. The van der Waals surface area contributed by atoms with E-state index in [1.54, 1.807) is 0 Å². The predicted octanol–water partition coefficient (Wildman–Crippen LogP) is 3.52. The maximum atomic E-state index is 5.96. The van der Waals surface area contributed by atoms with Crippen molar-refractivity contribution in [2.45, 2.75) is 38.2 Å². The maximum Gasteiger partial charge on any atom is 0.269 e. The summed E-state index contributed by atoms with van der Waals surface area (Å²) in [6.07, 6.45) is 3.36. The number of nitrogens with zero attached hydrogens (tertiary/aromatic N) is 2. The number of hydrogen-bond donors (Lipinski definition) is 1. The molecule has 0 saturated heterocycles. The fourth-order valence-corrected chi connectivity index (χ4v) is 3.24. The van der Waals surface area contributed by atoms with Gasteiger partial charge in [0.15, 0.2) is 11.9 Å². The van der Waals surface area contributed by atoms with Gasteiger partial charge in [0.1, 0.15) is 5.75 Å². The smallest absolute Gasteiger partial charge is 0.269 e. The molecule has 1 aromatic heterocycles. The lowest BCUT2D eigenvalue weighted by atomic mass is 10.1. The molecule has 2 aromatic rings. The van der Waals surface area contributed by atoms with Crippen LogP contribution in [-0.2, 0) is 0 Å². The van der Waals surface area contributed by atoms with Crippen molar-refractivity contribution in [2.75, 3.05) is 11.9 Å². The van der Waals surface area contributed by atoms with Gasteiger partial charge in [0.05, 0.1) is 12.2 Å². The zero-order valence-corrected chi connectivity index (χ0v) is 12.1. The molecule has 1 aliphatic carbocycles. The standard InChI is InChI=1S/C16H19N3O2/c1-10-6-7-11(8-10)15-18-16(21-19-15)14-9-17-12-4-2-3-5-13(12)20-14/h2-5,10-11,14,17H,6-9H2,1H3. The average molecular weight is 285 g/mol. The minimum absolute atomic E-state index is 0.208. The van der Waals surface area contributed by atoms with E-state index < -0.39 is 0 Å². The van der Waals surface area contributed by atoms with Crippen LogP contribution in [0.15, 0.2) is 28.8 Å². The third-order valence-electron chi connectivity index (χ3n) is 4.43. The summed E-state index contributed by atoms with van der Waals surface area (Å²) < 4.78 is 11.4.